The molecule has 1 N–H and O–H groups in total. The number of nitrogens with zero attached hydrogens (tertiary/aromatic N) is 1. The highest BCUT2D eigenvalue weighted by Gasteiger charge is 2.15. The second-order valence-electron chi connectivity index (χ2n) is 5.96. The lowest BCUT2D eigenvalue weighted by Crippen LogP contribution is -2.38. The van der Waals surface area contributed by atoms with Crippen LogP contribution in [0.4, 0.5) is 0 Å². The largest absolute Gasteiger partial charge is 0.340 e. The van der Waals surface area contributed by atoms with Crippen LogP contribution >= 0.6 is 0 Å². The number of likely N-dealkylation sites (N-methyl/N-ethyl adjacent to an activating group) is 1. The van der Waals surface area contributed by atoms with E-state index in [2.05, 4.69) is 4.72 Å². The van der Waals surface area contributed by atoms with Gasteiger partial charge in [0.25, 0.3) is 0 Å². The molecule has 0 heterocycles. The molecule has 0 atom stereocenters. The van der Waals surface area contributed by atoms with E-state index in [1.54, 1.807) is 7.05 Å². The van der Waals surface area contributed by atoms with Crippen LogP contribution in [0.3, 0.4) is 0 Å². The fourth-order valence-electron chi connectivity index (χ4n) is 2.44. The summed E-state index contributed by atoms with van der Waals surface area (Å²) < 4.78 is 26.4. The average molecular weight is 360 g/mol. The number of carbonyl (C=O) groups is 1. The number of carbonyl (C=O) groups excluding carboxylic acids is 1. The third-order valence-corrected chi connectivity index (χ3v) is 5.26. The summed E-state index contributed by atoms with van der Waals surface area (Å²) >= 11 is 0. The van der Waals surface area contributed by atoms with Gasteiger partial charge in [-0.3, -0.25) is 4.79 Å². The highest BCUT2D eigenvalue weighted by Crippen LogP contribution is 2.04. The van der Waals surface area contributed by atoms with E-state index in [1.807, 2.05) is 60.7 Å². The van der Waals surface area contributed by atoms with E-state index in [-0.39, 0.29) is 18.2 Å². The van der Waals surface area contributed by atoms with Gasteiger partial charge in [-0.05, 0) is 24.0 Å². The predicted octanol–water partition coefficient (Wildman–Crippen LogP) is 2.20. The highest BCUT2D eigenvalue weighted by atomic mass is 32.2. The molecule has 0 saturated carbocycles. The van der Waals surface area contributed by atoms with Gasteiger partial charge in [-0.15, -0.1) is 0 Å². The van der Waals surface area contributed by atoms with Gasteiger partial charge >= 0.3 is 0 Å². The second-order valence-corrected chi connectivity index (χ2v) is 7.89. The summed E-state index contributed by atoms with van der Waals surface area (Å²) in [6, 6.07) is 19.3. The molecule has 134 valence electrons. The van der Waals surface area contributed by atoms with E-state index in [9.17, 15) is 13.2 Å². The molecule has 2 aromatic carbocycles. The van der Waals surface area contributed by atoms with Gasteiger partial charge in [-0.2, -0.15) is 0 Å². The van der Waals surface area contributed by atoms with E-state index >= 15 is 0 Å². The van der Waals surface area contributed by atoms with Crippen molar-refractivity contribution < 1.29 is 13.2 Å². The Bertz CT molecular complexity index is 762. The molecule has 2 rings (SSSR count). The van der Waals surface area contributed by atoms with E-state index in [1.165, 1.54) is 4.90 Å². The molecule has 0 aromatic heterocycles. The summed E-state index contributed by atoms with van der Waals surface area (Å²) in [5.41, 5.74) is 2.11. The first kappa shape index (κ1) is 19.1. The molecular formula is C19H24N2O3S. The Morgan fingerprint density at radius 2 is 1.52 bits per heavy atom. The SMILES string of the molecule is CN(Cc1ccccc1)C(=O)CNS(=O)(=O)CCCc1ccccc1. The van der Waals surface area contributed by atoms with Crippen molar-refractivity contribution in [3.05, 3.63) is 71.8 Å². The number of aryl methyl sites for hydroxylation is 1. The Kier molecular flexibility index (Phi) is 7.16. The number of benzene rings is 2. The molecule has 0 fully saturated rings. The minimum atomic E-state index is -3.45. The van der Waals surface area contributed by atoms with Crippen molar-refractivity contribution in [3.8, 4) is 0 Å². The monoisotopic (exact) mass is 360 g/mol. The van der Waals surface area contributed by atoms with Crippen LogP contribution in [-0.2, 0) is 27.8 Å². The van der Waals surface area contributed by atoms with Crippen molar-refractivity contribution in [1.82, 2.24) is 9.62 Å². The molecule has 0 spiro atoms. The van der Waals surface area contributed by atoms with Crippen LogP contribution in [0, 0.1) is 0 Å². The molecule has 0 unspecified atom stereocenters. The van der Waals surface area contributed by atoms with Gasteiger partial charge in [-0.25, -0.2) is 13.1 Å². The Morgan fingerprint density at radius 3 is 2.12 bits per heavy atom. The van der Waals surface area contributed by atoms with Crippen LogP contribution in [0.25, 0.3) is 0 Å². The van der Waals surface area contributed by atoms with Crippen LogP contribution in [0.2, 0.25) is 0 Å². The third kappa shape index (κ3) is 7.07. The topological polar surface area (TPSA) is 66.5 Å². The Morgan fingerprint density at radius 1 is 0.960 bits per heavy atom. The summed E-state index contributed by atoms with van der Waals surface area (Å²) in [6.45, 7) is 0.242. The summed E-state index contributed by atoms with van der Waals surface area (Å²) in [6.07, 6.45) is 1.22. The van der Waals surface area contributed by atoms with Gasteiger partial charge in [0.15, 0.2) is 0 Å². The molecule has 0 bridgehead atoms. The van der Waals surface area contributed by atoms with Crippen LogP contribution in [0.5, 0.6) is 0 Å². The molecule has 6 heteroatoms. The minimum Gasteiger partial charge on any atom is -0.340 e. The van der Waals surface area contributed by atoms with Crippen molar-refractivity contribution in [2.45, 2.75) is 19.4 Å². The Balaban J connectivity index is 1.73. The maximum Gasteiger partial charge on any atom is 0.237 e. The van der Waals surface area contributed by atoms with E-state index in [4.69, 9.17) is 0 Å². The first-order valence-electron chi connectivity index (χ1n) is 8.25. The van der Waals surface area contributed by atoms with Crippen LogP contribution < -0.4 is 4.72 Å². The Labute approximate surface area is 149 Å². The molecule has 5 nitrogen and oxygen atoms in total. The first-order valence-corrected chi connectivity index (χ1v) is 9.91. The number of hydrogen-bond donors (Lipinski definition) is 1. The zero-order valence-electron chi connectivity index (χ0n) is 14.4. The summed E-state index contributed by atoms with van der Waals surface area (Å²) in [7, 11) is -1.78. The van der Waals surface area contributed by atoms with Gasteiger partial charge in [0.2, 0.25) is 15.9 Å². The summed E-state index contributed by atoms with van der Waals surface area (Å²) in [5, 5.41) is 0. The van der Waals surface area contributed by atoms with Crippen LogP contribution in [0.1, 0.15) is 17.5 Å². The molecule has 0 radical (unpaired) electrons. The molecule has 25 heavy (non-hydrogen) atoms. The van der Waals surface area contributed by atoms with E-state index in [0.29, 0.717) is 19.4 Å². The molecule has 0 aliphatic carbocycles. The fraction of sp³-hybridized carbons (Fsp3) is 0.316. The van der Waals surface area contributed by atoms with Crippen molar-refractivity contribution in [2.24, 2.45) is 0 Å². The lowest BCUT2D eigenvalue weighted by molar-refractivity contribution is -0.129. The van der Waals surface area contributed by atoms with Gasteiger partial charge in [-0.1, -0.05) is 60.7 Å². The number of amides is 1. The quantitative estimate of drug-likeness (QED) is 0.745. The third-order valence-electron chi connectivity index (χ3n) is 3.85. The zero-order chi connectivity index (χ0) is 18.1. The molecule has 2 aromatic rings. The zero-order valence-corrected chi connectivity index (χ0v) is 15.2. The van der Waals surface area contributed by atoms with Crippen LogP contribution in [-0.4, -0.2) is 38.6 Å². The second kappa shape index (κ2) is 9.34. The number of sulfonamides is 1. The number of rotatable bonds is 9. The van der Waals surface area contributed by atoms with Crippen molar-refractivity contribution in [3.63, 3.8) is 0 Å². The normalized spacial score (nSPS) is 11.2. The minimum absolute atomic E-state index is 0.0115. The Hall–Kier alpha value is -2.18. The lowest BCUT2D eigenvalue weighted by atomic mass is 10.1. The van der Waals surface area contributed by atoms with E-state index < -0.39 is 10.0 Å². The van der Waals surface area contributed by atoms with Gasteiger partial charge in [0, 0.05) is 13.6 Å². The van der Waals surface area contributed by atoms with Crippen LogP contribution in [0.15, 0.2) is 60.7 Å². The molecule has 0 saturated heterocycles. The first-order chi connectivity index (χ1) is 12.0. The van der Waals surface area contributed by atoms with Gasteiger partial charge in [0.05, 0.1) is 12.3 Å². The lowest BCUT2D eigenvalue weighted by Gasteiger charge is -2.17. The smallest absolute Gasteiger partial charge is 0.237 e. The molecular weight excluding hydrogens is 336 g/mol. The standard InChI is InChI=1S/C19H24N2O3S/c1-21(16-18-11-6-3-7-12-18)19(22)15-20-25(23,24)14-8-13-17-9-4-2-5-10-17/h2-7,9-12,20H,8,13-16H2,1H3. The maximum absolute atomic E-state index is 12.1. The maximum atomic E-state index is 12.1. The van der Waals surface area contributed by atoms with Crippen molar-refractivity contribution in [1.29, 1.82) is 0 Å². The van der Waals surface area contributed by atoms with Crippen molar-refractivity contribution >= 4 is 15.9 Å². The number of hydrogen-bond acceptors (Lipinski definition) is 3. The van der Waals surface area contributed by atoms with Crippen molar-refractivity contribution in [2.75, 3.05) is 19.3 Å². The van der Waals surface area contributed by atoms with Gasteiger partial charge < -0.3 is 4.90 Å². The molecule has 0 aliphatic heterocycles. The summed E-state index contributed by atoms with van der Waals surface area (Å²) in [5.74, 6) is -0.243. The van der Waals surface area contributed by atoms with E-state index in [0.717, 1.165) is 11.1 Å². The van der Waals surface area contributed by atoms with Gasteiger partial charge in [0.1, 0.15) is 0 Å². The summed E-state index contributed by atoms with van der Waals surface area (Å²) in [4.78, 5) is 13.6. The number of nitrogens with one attached hydrogen (secondary N) is 1. The average Bonchev–Trinajstić information content (AvgIpc) is 2.61. The fourth-order valence-corrected chi connectivity index (χ4v) is 3.45. The highest BCUT2D eigenvalue weighted by molar-refractivity contribution is 7.89. The predicted molar refractivity (Wildman–Crippen MR) is 99.5 cm³/mol. The molecule has 1 amide bonds. The molecule has 0 aliphatic rings.